The number of phenols is 1. The van der Waals surface area contributed by atoms with Gasteiger partial charge < -0.3 is 14.6 Å². The Morgan fingerprint density at radius 2 is 1.92 bits per heavy atom. The molecule has 2 atom stereocenters. The maximum Gasteiger partial charge on any atom is 0.309 e. The number of carbonyl (C=O) groups is 2. The van der Waals surface area contributed by atoms with E-state index in [9.17, 15) is 19.1 Å². The number of nitrogens with zero attached hydrogens (tertiary/aromatic N) is 3. The third-order valence-electron chi connectivity index (χ3n) is 7.06. The second-order valence-corrected chi connectivity index (χ2v) is 9.70. The van der Waals surface area contributed by atoms with Crippen molar-refractivity contribution in [2.45, 2.75) is 52.4 Å². The van der Waals surface area contributed by atoms with E-state index in [-0.39, 0.29) is 58.5 Å². The van der Waals surface area contributed by atoms with Crippen molar-refractivity contribution in [3.8, 4) is 22.9 Å². The molecule has 0 unspecified atom stereocenters. The number of methoxy groups -OCH3 is 1. The minimum atomic E-state index is -0.779. The number of ether oxygens (including phenoxy) is 2. The number of ketones is 1. The molecule has 206 valence electrons. The van der Waals surface area contributed by atoms with E-state index in [0.717, 1.165) is 19.0 Å². The Hall–Kier alpha value is -3.95. The van der Waals surface area contributed by atoms with Crippen molar-refractivity contribution in [1.29, 1.82) is 0 Å². The number of phenolic OH excluding ortho intramolecular Hbond substituents is 1. The lowest BCUT2D eigenvalue weighted by atomic mass is 9.82. The number of rotatable bonds is 11. The van der Waals surface area contributed by atoms with Crippen LogP contribution in [0.1, 0.15) is 66.3 Å². The van der Waals surface area contributed by atoms with Gasteiger partial charge in [-0.2, -0.15) is 0 Å². The number of hydrogen-bond acceptors (Lipinski definition) is 8. The summed E-state index contributed by atoms with van der Waals surface area (Å²) in [5.74, 6) is -3.25. The van der Waals surface area contributed by atoms with Crippen LogP contribution in [0, 0.1) is 30.4 Å². The first-order valence-corrected chi connectivity index (χ1v) is 12.9. The highest BCUT2D eigenvalue weighted by atomic mass is 19.1. The summed E-state index contributed by atoms with van der Waals surface area (Å²) in [5, 5.41) is 10.6. The number of aryl methyl sites for hydroxylation is 2. The van der Waals surface area contributed by atoms with E-state index >= 15 is 4.39 Å². The van der Waals surface area contributed by atoms with E-state index in [0.29, 0.717) is 12.3 Å². The third kappa shape index (κ3) is 6.05. The summed E-state index contributed by atoms with van der Waals surface area (Å²) in [6.45, 7) is 5.47. The maximum atomic E-state index is 15.3. The maximum absolute atomic E-state index is 15.3. The standard InChI is InChI=1S/C29H31F2N3O5/c1-5-39-24-12-20(21(30)13-32-24)27-16(3)34-22(14-33-27)23(35)11-9-18-8-10-19(26(31)28(18)36)25(17-6-7-17)15(2)29(37)38-4/h8,10,12-15,17,25,36H,5-7,9,11H2,1-4H3/t15-,25-/m0/s1. The fraction of sp³-hybridized carbons (Fsp3) is 0.414. The Kier molecular flexibility index (Phi) is 8.52. The summed E-state index contributed by atoms with van der Waals surface area (Å²) in [5.41, 5.74) is 1.38. The van der Waals surface area contributed by atoms with Gasteiger partial charge in [0.15, 0.2) is 23.2 Å². The SMILES string of the molecule is CCOc1cc(-c2ncc(C(=O)CCc3ccc([C@H](C4CC4)[C@H](C)C(=O)OC)c(F)c3O)nc2C)c(F)cn1. The first-order chi connectivity index (χ1) is 18.7. The predicted molar refractivity (Wildman–Crippen MR) is 138 cm³/mol. The summed E-state index contributed by atoms with van der Waals surface area (Å²) >= 11 is 0. The molecule has 1 aliphatic rings. The minimum absolute atomic E-state index is 0.0530. The quantitative estimate of drug-likeness (QED) is 0.257. The molecule has 2 heterocycles. The lowest BCUT2D eigenvalue weighted by Crippen LogP contribution is -2.23. The molecule has 0 bridgehead atoms. The number of benzene rings is 1. The van der Waals surface area contributed by atoms with Gasteiger partial charge in [0, 0.05) is 24.0 Å². The van der Waals surface area contributed by atoms with E-state index in [1.807, 2.05) is 0 Å². The molecule has 39 heavy (non-hydrogen) atoms. The summed E-state index contributed by atoms with van der Waals surface area (Å²) in [4.78, 5) is 37.4. The Labute approximate surface area is 225 Å². The van der Waals surface area contributed by atoms with Crippen LogP contribution >= 0.6 is 0 Å². The summed E-state index contributed by atoms with van der Waals surface area (Å²) < 4.78 is 39.9. The van der Waals surface area contributed by atoms with E-state index in [2.05, 4.69) is 15.0 Å². The van der Waals surface area contributed by atoms with Gasteiger partial charge in [-0.3, -0.25) is 14.6 Å². The molecule has 1 aliphatic carbocycles. The van der Waals surface area contributed by atoms with Crippen LogP contribution in [0.2, 0.25) is 0 Å². The largest absolute Gasteiger partial charge is 0.505 e. The van der Waals surface area contributed by atoms with Crippen molar-refractivity contribution in [2.24, 2.45) is 11.8 Å². The molecule has 10 heteroatoms. The smallest absolute Gasteiger partial charge is 0.309 e. The molecule has 1 aromatic carbocycles. The van der Waals surface area contributed by atoms with Gasteiger partial charge in [0.1, 0.15) is 5.69 Å². The van der Waals surface area contributed by atoms with Gasteiger partial charge in [0.05, 0.1) is 43.4 Å². The molecule has 0 aliphatic heterocycles. The number of Topliss-reactive ketones (excluding diaryl/α,β-unsaturated/α-hetero) is 1. The summed E-state index contributed by atoms with van der Waals surface area (Å²) in [6.07, 6.45) is 4.08. The lowest BCUT2D eigenvalue weighted by molar-refractivity contribution is -0.145. The van der Waals surface area contributed by atoms with E-state index in [4.69, 9.17) is 9.47 Å². The van der Waals surface area contributed by atoms with Gasteiger partial charge in [-0.1, -0.05) is 19.1 Å². The molecule has 0 radical (unpaired) electrons. The molecule has 8 nitrogen and oxygen atoms in total. The number of carbonyl (C=O) groups excluding carboxylic acids is 2. The van der Waals surface area contributed by atoms with Crippen molar-refractivity contribution >= 4 is 11.8 Å². The molecule has 1 N–H and O–H groups in total. The summed E-state index contributed by atoms with van der Waals surface area (Å²) in [7, 11) is 1.30. The van der Waals surface area contributed by atoms with E-state index in [1.54, 1.807) is 32.9 Å². The fourth-order valence-corrected chi connectivity index (χ4v) is 4.88. The summed E-state index contributed by atoms with van der Waals surface area (Å²) in [6, 6.07) is 4.59. The molecule has 0 saturated heterocycles. The second-order valence-electron chi connectivity index (χ2n) is 9.70. The van der Waals surface area contributed by atoms with Crippen LogP contribution in [-0.4, -0.2) is 45.5 Å². The Morgan fingerprint density at radius 1 is 1.18 bits per heavy atom. The van der Waals surface area contributed by atoms with Crippen LogP contribution in [0.15, 0.2) is 30.6 Å². The monoisotopic (exact) mass is 539 g/mol. The van der Waals surface area contributed by atoms with Crippen LogP contribution in [0.3, 0.4) is 0 Å². The van der Waals surface area contributed by atoms with E-state index < -0.39 is 35.2 Å². The van der Waals surface area contributed by atoms with Gasteiger partial charge in [0.2, 0.25) is 5.88 Å². The highest BCUT2D eigenvalue weighted by Gasteiger charge is 2.41. The topological polar surface area (TPSA) is 112 Å². The molecule has 4 rings (SSSR count). The third-order valence-corrected chi connectivity index (χ3v) is 7.06. The number of hydrogen-bond donors (Lipinski definition) is 1. The number of halogens is 2. The number of pyridine rings is 1. The average molecular weight is 540 g/mol. The van der Waals surface area contributed by atoms with Gasteiger partial charge in [-0.05, 0) is 50.2 Å². The zero-order chi connectivity index (χ0) is 28.3. The Morgan fingerprint density at radius 3 is 2.56 bits per heavy atom. The lowest BCUT2D eigenvalue weighted by Gasteiger charge is -2.23. The molecule has 0 amide bonds. The predicted octanol–water partition coefficient (Wildman–Crippen LogP) is 5.35. The fourth-order valence-electron chi connectivity index (χ4n) is 4.88. The average Bonchev–Trinajstić information content (AvgIpc) is 3.76. The Bertz CT molecular complexity index is 1390. The minimum Gasteiger partial charge on any atom is -0.505 e. The second kappa shape index (κ2) is 11.8. The highest BCUT2D eigenvalue weighted by Crippen LogP contribution is 2.48. The van der Waals surface area contributed by atoms with Crippen LogP contribution in [0.4, 0.5) is 8.78 Å². The molecule has 0 spiro atoms. The number of esters is 1. The highest BCUT2D eigenvalue weighted by molar-refractivity contribution is 5.94. The van der Waals surface area contributed by atoms with Gasteiger partial charge in [-0.15, -0.1) is 0 Å². The normalized spacial score (nSPS) is 14.5. The van der Waals surface area contributed by atoms with Crippen molar-refractivity contribution < 1.29 is 33.0 Å². The van der Waals surface area contributed by atoms with Crippen LogP contribution in [0.5, 0.6) is 11.6 Å². The zero-order valence-corrected chi connectivity index (χ0v) is 22.3. The molecule has 1 saturated carbocycles. The molecular formula is C29H31F2N3O5. The van der Waals surface area contributed by atoms with Crippen LogP contribution in [0.25, 0.3) is 11.3 Å². The first kappa shape index (κ1) is 28.1. The van der Waals surface area contributed by atoms with Crippen LogP contribution in [-0.2, 0) is 16.0 Å². The first-order valence-electron chi connectivity index (χ1n) is 12.9. The van der Waals surface area contributed by atoms with Gasteiger partial charge in [-0.25, -0.2) is 18.7 Å². The van der Waals surface area contributed by atoms with Crippen molar-refractivity contribution in [1.82, 2.24) is 15.0 Å². The van der Waals surface area contributed by atoms with E-state index in [1.165, 1.54) is 19.4 Å². The van der Waals surface area contributed by atoms with Crippen molar-refractivity contribution in [3.05, 3.63) is 64.7 Å². The van der Waals surface area contributed by atoms with Gasteiger partial charge in [0.25, 0.3) is 0 Å². The molecule has 1 fully saturated rings. The van der Waals surface area contributed by atoms with Crippen LogP contribution < -0.4 is 4.74 Å². The molecule has 3 aromatic rings. The van der Waals surface area contributed by atoms with Crippen molar-refractivity contribution in [2.75, 3.05) is 13.7 Å². The molecular weight excluding hydrogens is 508 g/mol. The Balaban J connectivity index is 1.49. The van der Waals surface area contributed by atoms with Crippen molar-refractivity contribution in [3.63, 3.8) is 0 Å². The number of aromatic hydroxyl groups is 1. The number of aromatic nitrogens is 3. The van der Waals surface area contributed by atoms with Gasteiger partial charge >= 0.3 is 5.97 Å². The molecule has 2 aromatic heterocycles. The zero-order valence-electron chi connectivity index (χ0n) is 22.3.